The lowest BCUT2D eigenvalue weighted by Gasteiger charge is -2.20. The fourth-order valence-corrected chi connectivity index (χ4v) is 3.18. The largest absolute Gasteiger partial charge is 0.398 e. The summed E-state index contributed by atoms with van der Waals surface area (Å²) in [5, 5.41) is 21.6. The number of nitriles is 2. The summed E-state index contributed by atoms with van der Waals surface area (Å²) in [5.41, 5.74) is 7.39. The third kappa shape index (κ3) is 3.24. The van der Waals surface area contributed by atoms with Crippen molar-refractivity contribution in [1.82, 2.24) is 0 Å². The lowest BCUT2D eigenvalue weighted by molar-refractivity contribution is 0.0983. The molecule has 0 atom stereocenters. The Bertz CT molecular complexity index is 1080. The van der Waals surface area contributed by atoms with Crippen LogP contribution in [0.5, 0.6) is 0 Å². The smallest absolute Gasteiger partial charge is 0.207 e. The van der Waals surface area contributed by atoms with Crippen LogP contribution < -0.4 is 11.1 Å². The number of ketones is 2. The summed E-state index contributed by atoms with van der Waals surface area (Å²) in [6, 6.07) is 14.2. The molecule has 28 heavy (non-hydrogen) atoms. The van der Waals surface area contributed by atoms with Gasteiger partial charge in [-0.3, -0.25) is 9.59 Å². The van der Waals surface area contributed by atoms with Crippen molar-refractivity contribution in [2.24, 2.45) is 0 Å². The predicted octanol–water partition coefficient (Wildman–Crippen LogP) is 4.08. The highest BCUT2D eigenvalue weighted by Gasteiger charge is 2.36. The molecule has 0 radical (unpaired) electrons. The first kappa shape index (κ1) is 18.9. The number of allylic oxidation sites excluding steroid dienone is 2. The summed E-state index contributed by atoms with van der Waals surface area (Å²) in [4.78, 5) is 25.5. The van der Waals surface area contributed by atoms with E-state index in [1.165, 1.54) is 11.6 Å². The van der Waals surface area contributed by atoms with Crippen LogP contribution in [0.1, 0.15) is 46.0 Å². The van der Waals surface area contributed by atoms with Crippen molar-refractivity contribution in [2.75, 3.05) is 11.1 Å². The number of nitrogen functional groups attached to an aromatic ring is 1. The van der Waals surface area contributed by atoms with Gasteiger partial charge in [0.2, 0.25) is 11.6 Å². The number of carbonyl (C=O) groups excluding carboxylic acids is 2. The first-order valence-electron chi connectivity index (χ1n) is 8.94. The van der Waals surface area contributed by atoms with Crippen molar-refractivity contribution in [2.45, 2.75) is 26.2 Å². The topological polar surface area (TPSA) is 120 Å². The molecule has 2 aromatic carbocycles. The van der Waals surface area contributed by atoms with Crippen LogP contribution in [-0.2, 0) is 6.42 Å². The lowest BCUT2D eigenvalue weighted by Crippen LogP contribution is -2.23. The molecular formula is C22H18N4O2. The first-order chi connectivity index (χ1) is 13.5. The average molecular weight is 370 g/mol. The number of unbranched alkanes of at least 4 members (excludes halogenated alkanes) is 1. The summed E-state index contributed by atoms with van der Waals surface area (Å²) in [5.74, 6) is -1.38. The molecule has 0 saturated heterocycles. The van der Waals surface area contributed by atoms with Gasteiger partial charge >= 0.3 is 0 Å². The molecule has 0 bridgehead atoms. The molecule has 0 saturated carbocycles. The molecule has 3 N–H and O–H groups in total. The van der Waals surface area contributed by atoms with Gasteiger partial charge in [0.15, 0.2) is 0 Å². The van der Waals surface area contributed by atoms with E-state index in [-0.39, 0.29) is 16.8 Å². The predicted molar refractivity (Wildman–Crippen MR) is 106 cm³/mol. The van der Waals surface area contributed by atoms with E-state index in [1.807, 2.05) is 24.3 Å². The minimum atomic E-state index is -0.704. The third-order valence-electron chi connectivity index (χ3n) is 4.67. The average Bonchev–Trinajstić information content (AvgIpc) is 2.71. The number of fused-ring (bicyclic) bond motifs is 1. The summed E-state index contributed by atoms with van der Waals surface area (Å²) in [6.07, 6.45) is 3.22. The van der Waals surface area contributed by atoms with E-state index in [0.29, 0.717) is 5.69 Å². The fourth-order valence-electron chi connectivity index (χ4n) is 3.18. The van der Waals surface area contributed by atoms with Crippen molar-refractivity contribution in [3.05, 3.63) is 64.2 Å². The Kier molecular flexibility index (Phi) is 5.24. The van der Waals surface area contributed by atoms with Crippen molar-refractivity contribution in [1.29, 1.82) is 10.5 Å². The molecular weight excluding hydrogens is 352 g/mol. The van der Waals surface area contributed by atoms with E-state index < -0.39 is 22.7 Å². The van der Waals surface area contributed by atoms with Crippen LogP contribution in [0.2, 0.25) is 0 Å². The zero-order valence-corrected chi connectivity index (χ0v) is 15.4. The number of Topliss-reactive ketones (excluding diaryl/α,β-unsaturated/α-hetero) is 2. The van der Waals surface area contributed by atoms with E-state index in [0.717, 1.165) is 24.9 Å². The first-order valence-corrected chi connectivity index (χ1v) is 8.94. The normalized spacial score (nSPS) is 13.0. The Balaban J connectivity index is 2.03. The van der Waals surface area contributed by atoms with E-state index in [9.17, 15) is 20.1 Å². The van der Waals surface area contributed by atoms with Crippen LogP contribution in [-0.4, -0.2) is 11.6 Å². The molecule has 6 nitrogen and oxygen atoms in total. The number of benzene rings is 2. The number of rotatable bonds is 5. The van der Waals surface area contributed by atoms with E-state index in [1.54, 1.807) is 18.2 Å². The Morgan fingerprint density at radius 1 is 0.929 bits per heavy atom. The van der Waals surface area contributed by atoms with Gasteiger partial charge in [-0.15, -0.1) is 0 Å². The van der Waals surface area contributed by atoms with Crippen molar-refractivity contribution in [3.63, 3.8) is 0 Å². The second-order valence-electron chi connectivity index (χ2n) is 6.51. The van der Waals surface area contributed by atoms with Crippen LogP contribution in [0.15, 0.2) is 47.5 Å². The number of hydrogen-bond donors (Lipinski definition) is 2. The molecule has 0 aromatic heterocycles. The molecule has 0 unspecified atom stereocenters. The monoisotopic (exact) mass is 370 g/mol. The van der Waals surface area contributed by atoms with Crippen molar-refractivity contribution >= 4 is 28.6 Å². The summed E-state index contributed by atoms with van der Waals surface area (Å²) in [6.45, 7) is 2.14. The number of anilines is 3. The number of nitrogens with one attached hydrogen (secondary N) is 1. The molecule has 1 aliphatic carbocycles. The molecule has 138 valence electrons. The minimum absolute atomic E-state index is 0.0237. The van der Waals surface area contributed by atoms with Gasteiger partial charge in [0.05, 0.1) is 16.8 Å². The maximum atomic E-state index is 12.8. The second-order valence-corrected chi connectivity index (χ2v) is 6.51. The molecule has 3 rings (SSSR count). The minimum Gasteiger partial charge on any atom is -0.398 e. The highest BCUT2D eigenvalue weighted by molar-refractivity contribution is 6.33. The number of aryl methyl sites for hydroxylation is 1. The third-order valence-corrected chi connectivity index (χ3v) is 4.67. The highest BCUT2D eigenvalue weighted by Crippen LogP contribution is 2.36. The van der Waals surface area contributed by atoms with Crippen LogP contribution in [0.25, 0.3) is 0 Å². The number of nitrogens with two attached hydrogens (primary N) is 1. The van der Waals surface area contributed by atoms with Crippen LogP contribution in [0.4, 0.5) is 17.1 Å². The Morgan fingerprint density at radius 2 is 1.54 bits per heavy atom. The van der Waals surface area contributed by atoms with E-state index in [4.69, 9.17) is 5.73 Å². The van der Waals surface area contributed by atoms with E-state index >= 15 is 0 Å². The zero-order valence-electron chi connectivity index (χ0n) is 15.4. The van der Waals surface area contributed by atoms with Crippen LogP contribution >= 0.6 is 0 Å². The van der Waals surface area contributed by atoms with Gasteiger partial charge in [0, 0.05) is 11.4 Å². The second kappa shape index (κ2) is 7.77. The Labute approximate surface area is 162 Å². The summed E-state index contributed by atoms with van der Waals surface area (Å²) < 4.78 is 0. The molecule has 0 fully saturated rings. The van der Waals surface area contributed by atoms with Gasteiger partial charge in [-0.1, -0.05) is 25.5 Å². The van der Waals surface area contributed by atoms with Gasteiger partial charge < -0.3 is 11.1 Å². The van der Waals surface area contributed by atoms with Gasteiger partial charge in [-0.2, -0.15) is 10.5 Å². The molecule has 0 spiro atoms. The quantitative estimate of drug-likeness (QED) is 0.765. The lowest BCUT2D eigenvalue weighted by atomic mass is 9.83. The van der Waals surface area contributed by atoms with Gasteiger partial charge in [0.1, 0.15) is 23.3 Å². The zero-order chi connectivity index (χ0) is 20.3. The maximum Gasteiger partial charge on any atom is 0.207 e. The number of nitrogens with zero attached hydrogens (tertiary/aromatic N) is 2. The molecule has 2 aromatic rings. The number of carbonyl (C=O) groups is 2. The fraction of sp³-hybridized carbons (Fsp3) is 0.182. The maximum absolute atomic E-state index is 12.8. The molecule has 0 aliphatic heterocycles. The molecule has 0 amide bonds. The Hall–Kier alpha value is -3.90. The number of hydrogen-bond acceptors (Lipinski definition) is 6. The Morgan fingerprint density at radius 3 is 2.11 bits per heavy atom. The van der Waals surface area contributed by atoms with Gasteiger partial charge in [-0.05, 0) is 42.7 Å². The SMILES string of the molecule is CCCCc1ccc(Nc2ccc(N)c3c2C(=O)C(C#N)=C(C#N)C3=O)cc1. The summed E-state index contributed by atoms with van der Waals surface area (Å²) in [7, 11) is 0. The standard InChI is InChI=1S/C22H18N4O2/c1-2-3-4-13-5-7-14(8-6-13)26-18-10-9-17(25)19-20(18)22(28)16(12-24)15(11-23)21(19)27/h5-10,26H,2-4,25H2,1H3. The molecule has 0 heterocycles. The molecule has 1 aliphatic rings. The van der Waals surface area contributed by atoms with E-state index in [2.05, 4.69) is 12.2 Å². The van der Waals surface area contributed by atoms with Gasteiger partial charge in [-0.25, -0.2) is 0 Å². The van der Waals surface area contributed by atoms with Gasteiger partial charge in [0.25, 0.3) is 0 Å². The summed E-state index contributed by atoms with van der Waals surface area (Å²) >= 11 is 0. The van der Waals surface area contributed by atoms with Crippen molar-refractivity contribution in [3.8, 4) is 12.1 Å². The van der Waals surface area contributed by atoms with Crippen LogP contribution in [0.3, 0.4) is 0 Å². The van der Waals surface area contributed by atoms with Crippen molar-refractivity contribution < 1.29 is 9.59 Å². The highest BCUT2D eigenvalue weighted by atomic mass is 16.1. The molecule has 6 heteroatoms. The van der Waals surface area contributed by atoms with Crippen LogP contribution in [0, 0.1) is 22.7 Å².